The molecule has 1 unspecified atom stereocenters. The SMILES string of the molecule is CC1(c2ccc(Cl)cc2)C(=O)Nc2nc(-c3cn4ccnc4c(OCC(F)(F)C(F)(F)F)n3)nc(N)c21. The lowest BCUT2D eigenvalue weighted by Crippen LogP contribution is -2.41. The number of alkyl halides is 5. The summed E-state index contributed by atoms with van der Waals surface area (Å²) >= 11 is 5.97. The van der Waals surface area contributed by atoms with Gasteiger partial charge in [-0.2, -0.15) is 22.0 Å². The molecule has 0 fully saturated rings. The van der Waals surface area contributed by atoms with Gasteiger partial charge in [0.1, 0.15) is 22.7 Å². The number of halogens is 6. The fourth-order valence-electron chi connectivity index (χ4n) is 3.93. The number of anilines is 2. The molecule has 1 atom stereocenters. The molecule has 4 aromatic rings. The van der Waals surface area contributed by atoms with Crippen molar-refractivity contribution < 1.29 is 31.5 Å². The van der Waals surface area contributed by atoms with Crippen LogP contribution in [0.3, 0.4) is 0 Å². The number of nitrogens with two attached hydrogens (primary N) is 1. The lowest BCUT2D eigenvalue weighted by Gasteiger charge is -2.23. The highest BCUT2D eigenvalue weighted by Gasteiger charge is 2.58. The van der Waals surface area contributed by atoms with Crippen LogP contribution in [0.1, 0.15) is 18.1 Å². The Bertz CT molecular complexity index is 1540. The minimum atomic E-state index is -5.82. The molecule has 1 amide bonds. The van der Waals surface area contributed by atoms with E-state index in [1.54, 1.807) is 31.2 Å². The van der Waals surface area contributed by atoms with E-state index in [0.717, 1.165) is 0 Å². The number of nitrogen functional groups attached to an aromatic ring is 1. The Morgan fingerprint density at radius 3 is 2.51 bits per heavy atom. The fraction of sp³-hybridized carbons (Fsp3) is 0.227. The number of carbonyl (C=O) groups is 1. The van der Waals surface area contributed by atoms with E-state index < -0.39 is 35.9 Å². The summed E-state index contributed by atoms with van der Waals surface area (Å²) in [5.41, 5.74) is 5.67. The predicted molar refractivity (Wildman–Crippen MR) is 121 cm³/mol. The summed E-state index contributed by atoms with van der Waals surface area (Å²) in [5.74, 6) is -6.29. The number of aromatic nitrogens is 5. The molecule has 5 rings (SSSR count). The normalized spacial score (nSPS) is 17.6. The Morgan fingerprint density at radius 2 is 1.84 bits per heavy atom. The molecule has 0 saturated carbocycles. The Morgan fingerprint density at radius 1 is 1.14 bits per heavy atom. The molecule has 192 valence electrons. The van der Waals surface area contributed by atoms with Crippen molar-refractivity contribution in [2.75, 3.05) is 17.7 Å². The standard InChI is InChI=1S/C22H15ClF5N7O2/c1-20(10-2-4-11(23)5-3-10)13-14(29)32-15(33-16(13)34-19(20)36)12-8-35-7-6-30-17(35)18(31-12)37-9-21(24,25)22(26,27)28/h2-8H,9H2,1H3,(H3,29,32,33,34,36). The lowest BCUT2D eigenvalue weighted by molar-refractivity contribution is -0.290. The van der Waals surface area contributed by atoms with Gasteiger partial charge in [-0.05, 0) is 24.6 Å². The van der Waals surface area contributed by atoms with Gasteiger partial charge in [-0.1, -0.05) is 23.7 Å². The monoisotopic (exact) mass is 539 g/mol. The number of rotatable bonds is 5. The predicted octanol–water partition coefficient (Wildman–Crippen LogP) is 4.26. The van der Waals surface area contributed by atoms with E-state index in [-0.39, 0.29) is 28.8 Å². The Kier molecular flexibility index (Phi) is 5.47. The first-order valence-electron chi connectivity index (χ1n) is 10.5. The number of amides is 1. The van der Waals surface area contributed by atoms with Crippen molar-refractivity contribution in [3.8, 4) is 17.4 Å². The maximum Gasteiger partial charge on any atom is 0.456 e. The van der Waals surface area contributed by atoms with E-state index in [0.29, 0.717) is 16.1 Å². The molecule has 0 spiro atoms. The Balaban J connectivity index is 1.57. The van der Waals surface area contributed by atoms with Crippen molar-refractivity contribution in [3.63, 3.8) is 0 Å². The van der Waals surface area contributed by atoms with Crippen molar-refractivity contribution >= 4 is 34.8 Å². The van der Waals surface area contributed by atoms with Crippen LogP contribution < -0.4 is 15.8 Å². The molecule has 4 heterocycles. The van der Waals surface area contributed by atoms with Gasteiger partial charge < -0.3 is 20.2 Å². The number of ether oxygens (including phenoxy) is 1. The molecule has 3 aromatic heterocycles. The topological polar surface area (TPSA) is 120 Å². The maximum atomic E-state index is 13.4. The van der Waals surface area contributed by atoms with Crippen molar-refractivity contribution in [2.24, 2.45) is 0 Å². The van der Waals surface area contributed by atoms with E-state index in [9.17, 15) is 26.7 Å². The van der Waals surface area contributed by atoms with Crippen molar-refractivity contribution in [3.05, 3.63) is 59.0 Å². The highest BCUT2D eigenvalue weighted by Crippen LogP contribution is 2.45. The van der Waals surface area contributed by atoms with E-state index >= 15 is 0 Å². The van der Waals surface area contributed by atoms with Crippen LogP contribution in [0.4, 0.5) is 33.6 Å². The zero-order valence-electron chi connectivity index (χ0n) is 18.6. The highest BCUT2D eigenvalue weighted by molar-refractivity contribution is 6.30. The van der Waals surface area contributed by atoms with Crippen molar-refractivity contribution in [1.29, 1.82) is 0 Å². The number of hydrogen-bond donors (Lipinski definition) is 2. The van der Waals surface area contributed by atoms with Crippen LogP contribution in [-0.2, 0) is 10.2 Å². The van der Waals surface area contributed by atoms with Gasteiger partial charge in [0.2, 0.25) is 11.6 Å². The summed E-state index contributed by atoms with van der Waals surface area (Å²) in [6, 6.07) is 6.57. The largest absolute Gasteiger partial charge is 0.468 e. The van der Waals surface area contributed by atoms with Crippen LogP contribution >= 0.6 is 11.6 Å². The van der Waals surface area contributed by atoms with Gasteiger partial charge in [0, 0.05) is 23.6 Å². The second kappa shape index (κ2) is 8.23. The van der Waals surface area contributed by atoms with E-state index in [1.807, 2.05) is 0 Å². The first kappa shape index (κ1) is 24.6. The highest BCUT2D eigenvalue weighted by atomic mass is 35.5. The van der Waals surface area contributed by atoms with Crippen molar-refractivity contribution in [1.82, 2.24) is 24.3 Å². The number of carbonyl (C=O) groups excluding carboxylic acids is 1. The summed E-state index contributed by atoms with van der Waals surface area (Å²) in [5, 5.41) is 3.13. The molecule has 0 saturated heterocycles. The number of fused-ring (bicyclic) bond motifs is 2. The Hall–Kier alpha value is -4.07. The second-order valence-electron chi connectivity index (χ2n) is 8.32. The van der Waals surface area contributed by atoms with Crippen molar-refractivity contribution in [2.45, 2.75) is 24.4 Å². The molecule has 0 aliphatic carbocycles. The van der Waals surface area contributed by atoms with Crippen LogP contribution in [0.25, 0.3) is 17.2 Å². The number of benzene rings is 1. The Labute approximate surface area is 209 Å². The molecule has 9 nitrogen and oxygen atoms in total. The van der Waals surface area contributed by atoms with Crippen LogP contribution in [0.15, 0.2) is 42.9 Å². The quantitative estimate of drug-likeness (QED) is 0.364. The second-order valence-corrected chi connectivity index (χ2v) is 8.76. The summed E-state index contributed by atoms with van der Waals surface area (Å²) in [6.07, 6.45) is -1.80. The van der Waals surface area contributed by atoms with Crippen LogP contribution in [-0.4, -0.2) is 48.9 Å². The average molecular weight is 540 g/mol. The van der Waals surface area contributed by atoms with Crippen LogP contribution in [0.2, 0.25) is 5.02 Å². The fourth-order valence-corrected chi connectivity index (χ4v) is 4.06. The molecule has 0 bridgehead atoms. The zero-order chi connectivity index (χ0) is 26.8. The molecular formula is C22H15ClF5N7O2. The van der Waals surface area contributed by atoms with Gasteiger partial charge in [0.25, 0.3) is 5.88 Å². The molecule has 0 radical (unpaired) electrons. The van der Waals surface area contributed by atoms with E-state index in [2.05, 4.69) is 25.3 Å². The molecule has 1 aromatic carbocycles. The molecule has 3 N–H and O–H groups in total. The molecule has 1 aliphatic rings. The first-order valence-corrected chi connectivity index (χ1v) is 10.9. The third-order valence-electron chi connectivity index (χ3n) is 5.92. The minimum absolute atomic E-state index is 0.0746. The first-order chi connectivity index (χ1) is 17.3. The summed E-state index contributed by atoms with van der Waals surface area (Å²) < 4.78 is 70.7. The lowest BCUT2D eigenvalue weighted by atomic mass is 9.78. The molecular weight excluding hydrogens is 525 g/mol. The number of imidazole rings is 1. The van der Waals surface area contributed by atoms with Gasteiger partial charge in [-0.25, -0.2) is 19.9 Å². The average Bonchev–Trinajstić information content (AvgIpc) is 3.40. The summed E-state index contributed by atoms with van der Waals surface area (Å²) in [4.78, 5) is 29.5. The molecule has 15 heteroatoms. The van der Waals surface area contributed by atoms with E-state index in [1.165, 1.54) is 23.0 Å². The van der Waals surface area contributed by atoms with Gasteiger partial charge in [-0.3, -0.25) is 4.79 Å². The summed E-state index contributed by atoms with van der Waals surface area (Å²) in [7, 11) is 0. The van der Waals surface area contributed by atoms with Crippen LogP contribution in [0, 0.1) is 0 Å². The zero-order valence-corrected chi connectivity index (χ0v) is 19.4. The van der Waals surface area contributed by atoms with Gasteiger partial charge >= 0.3 is 12.1 Å². The van der Waals surface area contributed by atoms with Gasteiger partial charge in [-0.15, -0.1) is 0 Å². The smallest absolute Gasteiger partial charge is 0.456 e. The molecule has 37 heavy (non-hydrogen) atoms. The third-order valence-corrected chi connectivity index (χ3v) is 6.17. The minimum Gasteiger partial charge on any atom is -0.468 e. The van der Waals surface area contributed by atoms with E-state index in [4.69, 9.17) is 22.1 Å². The summed E-state index contributed by atoms with van der Waals surface area (Å²) in [6.45, 7) is -0.377. The molecule has 1 aliphatic heterocycles. The van der Waals surface area contributed by atoms with Gasteiger partial charge in [0.15, 0.2) is 12.4 Å². The van der Waals surface area contributed by atoms with Gasteiger partial charge in [0.05, 0.1) is 5.56 Å². The van der Waals surface area contributed by atoms with Crippen LogP contribution in [0.5, 0.6) is 5.88 Å². The number of nitrogens with one attached hydrogen (secondary N) is 1. The number of hydrogen-bond acceptors (Lipinski definition) is 7. The number of nitrogens with zero attached hydrogens (tertiary/aromatic N) is 5. The third kappa shape index (κ3) is 3.97. The maximum absolute atomic E-state index is 13.4.